The number of phenolic OH excluding ortho intramolecular Hbond substituents is 2. The molecule has 1 aliphatic rings. The normalized spacial score (nSPS) is 25.4. The molecule has 0 radical (unpaired) electrons. The lowest BCUT2D eigenvalue weighted by molar-refractivity contribution is 0.389. The third-order valence-electron chi connectivity index (χ3n) is 2.85. The molecular weight excluding hydrogens is 178 g/mol. The van der Waals surface area contributed by atoms with E-state index in [9.17, 15) is 5.11 Å². The quantitative estimate of drug-likeness (QED) is 0.700. The molecule has 3 nitrogen and oxygen atoms in total. The third kappa shape index (κ3) is 1.55. The highest BCUT2D eigenvalue weighted by Gasteiger charge is 2.40. The Morgan fingerprint density at radius 2 is 1.93 bits per heavy atom. The van der Waals surface area contributed by atoms with Crippen LogP contribution < -0.4 is 0 Å². The molecule has 2 rings (SSSR count). The summed E-state index contributed by atoms with van der Waals surface area (Å²) in [6.07, 6.45) is 1.14. The fourth-order valence-corrected chi connectivity index (χ4v) is 1.88. The molecule has 1 saturated carbocycles. The summed E-state index contributed by atoms with van der Waals surface area (Å²) in [5.41, 5.74) is 1.11. The van der Waals surface area contributed by atoms with Crippen molar-refractivity contribution in [2.24, 2.45) is 0 Å². The van der Waals surface area contributed by atoms with E-state index in [0.717, 1.165) is 12.0 Å². The van der Waals surface area contributed by atoms with E-state index in [4.69, 9.17) is 5.11 Å². The van der Waals surface area contributed by atoms with Gasteiger partial charge >= 0.3 is 0 Å². The van der Waals surface area contributed by atoms with Crippen molar-refractivity contribution in [2.45, 2.75) is 18.4 Å². The number of hydrogen-bond donors (Lipinski definition) is 2. The fraction of sp³-hybridized carbons (Fsp3) is 0.455. The first-order valence-corrected chi connectivity index (χ1v) is 4.78. The molecule has 2 N–H and O–H groups in total. The zero-order valence-electron chi connectivity index (χ0n) is 8.44. The molecule has 3 heteroatoms. The van der Waals surface area contributed by atoms with Gasteiger partial charge in [-0.1, -0.05) is 6.07 Å². The maximum absolute atomic E-state index is 9.34. The molecule has 1 aliphatic carbocycles. The van der Waals surface area contributed by atoms with Crippen LogP contribution in [0.4, 0.5) is 0 Å². The molecule has 1 fully saturated rings. The van der Waals surface area contributed by atoms with Gasteiger partial charge in [-0.05, 0) is 38.2 Å². The second kappa shape index (κ2) is 3.17. The van der Waals surface area contributed by atoms with Gasteiger partial charge in [0.2, 0.25) is 0 Å². The van der Waals surface area contributed by atoms with Crippen LogP contribution in [-0.2, 0) is 0 Å². The molecule has 0 aliphatic heterocycles. The maximum Gasteiger partial charge on any atom is 0.157 e. The van der Waals surface area contributed by atoms with Crippen LogP contribution in [0.1, 0.15) is 17.9 Å². The predicted octanol–water partition coefficient (Wildman–Crippen LogP) is 1.52. The SMILES string of the molecule is CN(C)C1CC1c1ccc(O)c(O)c1. The third-order valence-corrected chi connectivity index (χ3v) is 2.85. The van der Waals surface area contributed by atoms with Gasteiger partial charge < -0.3 is 15.1 Å². The van der Waals surface area contributed by atoms with Gasteiger partial charge in [-0.2, -0.15) is 0 Å². The van der Waals surface area contributed by atoms with Crippen molar-refractivity contribution in [2.75, 3.05) is 14.1 Å². The lowest BCUT2D eigenvalue weighted by atomic mass is 10.1. The lowest BCUT2D eigenvalue weighted by Gasteiger charge is -2.09. The Morgan fingerprint density at radius 3 is 2.43 bits per heavy atom. The molecule has 14 heavy (non-hydrogen) atoms. The van der Waals surface area contributed by atoms with Crippen LogP contribution in [0.5, 0.6) is 11.5 Å². The smallest absolute Gasteiger partial charge is 0.157 e. The van der Waals surface area contributed by atoms with Crippen molar-refractivity contribution < 1.29 is 10.2 Å². The van der Waals surface area contributed by atoms with Crippen molar-refractivity contribution in [3.8, 4) is 11.5 Å². The zero-order chi connectivity index (χ0) is 10.3. The monoisotopic (exact) mass is 193 g/mol. The van der Waals surface area contributed by atoms with Gasteiger partial charge in [-0.3, -0.25) is 0 Å². The van der Waals surface area contributed by atoms with E-state index in [0.29, 0.717) is 12.0 Å². The molecule has 0 heterocycles. The van der Waals surface area contributed by atoms with E-state index < -0.39 is 0 Å². The van der Waals surface area contributed by atoms with Gasteiger partial charge in [-0.15, -0.1) is 0 Å². The number of rotatable bonds is 2. The van der Waals surface area contributed by atoms with E-state index in [1.807, 2.05) is 6.07 Å². The minimum atomic E-state index is -0.0456. The van der Waals surface area contributed by atoms with E-state index in [1.165, 1.54) is 0 Å². The van der Waals surface area contributed by atoms with Crippen LogP contribution in [-0.4, -0.2) is 35.3 Å². The van der Waals surface area contributed by atoms with Gasteiger partial charge in [0.1, 0.15) is 0 Å². The van der Waals surface area contributed by atoms with Crippen LogP contribution in [0, 0.1) is 0 Å². The molecule has 76 valence electrons. The Bertz CT molecular complexity index is 349. The van der Waals surface area contributed by atoms with Crippen LogP contribution in [0.2, 0.25) is 0 Å². The van der Waals surface area contributed by atoms with Crippen LogP contribution >= 0.6 is 0 Å². The number of nitrogens with zero attached hydrogens (tertiary/aromatic N) is 1. The molecule has 0 amide bonds. The van der Waals surface area contributed by atoms with Crippen molar-refractivity contribution in [1.82, 2.24) is 4.90 Å². The highest BCUT2D eigenvalue weighted by Crippen LogP contribution is 2.45. The first kappa shape index (κ1) is 9.34. The molecule has 0 aromatic heterocycles. The Balaban J connectivity index is 2.16. The summed E-state index contributed by atoms with van der Waals surface area (Å²) in [7, 11) is 4.12. The molecule has 1 aromatic rings. The van der Waals surface area contributed by atoms with Crippen LogP contribution in [0.15, 0.2) is 18.2 Å². The Morgan fingerprint density at radius 1 is 1.21 bits per heavy atom. The van der Waals surface area contributed by atoms with Crippen LogP contribution in [0.25, 0.3) is 0 Å². The summed E-state index contributed by atoms with van der Waals surface area (Å²) in [4.78, 5) is 2.19. The fourth-order valence-electron chi connectivity index (χ4n) is 1.88. The van der Waals surface area contributed by atoms with Crippen LogP contribution in [0.3, 0.4) is 0 Å². The molecule has 2 atom stereocenters. The molecule has 2 unspecified atom stereocenters. The number of aromatic hydroxyl groups is 2. The second-order valence-electron chi connectivity index (χ2n) is 4.12. The Kier molecular flexibility index (Phi) is 2.11. The highest BCUT2D eigenvalue weighted by atomic mass is 16.3. The lowest BCUT2D eigenvalue weighted by Crippen LogP contribution is -2.15. The molecule has 0 spiro atoms. The van der Waals surface area contributed by atoms with E-state index in [2.05, 4.69) is 19.0 Å². The van der Waals surface area contributed by atoms with Gasteiger partial charge in [-0.25, -0.2) is 0 Å². The van der Waals surface area contributed by atoms with Crippen molar-refractivity contribution >= 4 is 0 Å². The summed E-state index contributed by atoms with van der Waals surface area (Å²) in [5.74, 6) is 0.444. The van der Waals surface area contributed by atoms with Gasteiger partial charge in [0.05, 0.1) is 0 Å². The molecule has 0 bridgehead atoms. The molecule has 0 saturated heterocycles. The standard InChI is InChI=1S/C11H15NO2/c1-12(2)9-6-8(9)7-3-4-10(13)11(14)5-7/h3-5,8-9,13-14H,6H2,1-2H3. The van der Waals surface area contributed by atoms with Crippen molar-refractivity contribution in [3.63, 3.8) is 0 Å². The number of benzene rings is 1. The zero-order valence-corrected chi connectivity index (χ0v) is 8.44. The van der Waals surface area contributed by atoms with E-state index in [-0.39, 0.29) is 11.5 Å². The van der Waals surface area contributed by atoms with Gasteiger partial charge in [0, 0.05) is 12.0 Å². The molecular formula is C11H15NO2. The average molecular weight is 193 g/mol. The minimum Gasteiger partial charge on any atom is -0.504 e. The Labute approximate surface area is 83.6 Å². The summed E-state index contributed by atoms with van der Waals surface area (Å²) in [6, 6.07) is 5.67. The number of hydrogen-bond acceptors (Lipinski definition) is 3. The minimum absolute atomic E-state index is 0.0214. The summed E-state index contributed by atoms with van der Waals surface area (Å²) < 4.78 is 0. The topological polar surface area (TPSA) is 43.7 Å². The second-order valence-corrected chi connectivity index (χ2v) is 4.12. The maximum atomic E-state index is 9.34. The first-order valence-electron chi connectivity index (χ1n) is 4.78. The van der Waals surface area contributed by atoms with Crippen molar-refractivity contribution in [3.05, 3.63) is 23.8 Å². The largest absolute Gasteiger partial charge is 0.504 e. The van der Waals surface area contributed by atoms with Crippen molar-refractivity contribution in [1.29, 1.82) is 0 Å². The van der Waals surface area contributed by atoms with Gasteiger partial charge in [0.15, 0.2) is 11.5 Å². The Hall–Kier alpha value is -1.22. The highest BCUT2D eigenvalue weighted by molar-refractivity contribution is 5.43. The summed E-state index contributed by atoms with van der Waals surface area (Å²) in [6.45, 7) is 0. The number of likely N-dealkylation sites (N-methyl/N-ethyl adjacent to an activating group) is 1. The number of phenols is 2. The summed E-state index contributed by atoms with van der Waals surface area (Å²) in [5, 5.41) is 18.5. The first-order chi connectivity index (χ1) is 6.59. The average Bonchev–Trinajstić information content (AvgIpc) is 2.89. The molecule has 1 aromatic carbocycles. The summed E-state index contributed by atoms with van der Waals surface area (Å²) >= 11 is 0. The van der Waals surface area contributed by atoms with Gasteiger partial charge in [0.25, 0.3) is 0 Å². The van der Waals surface area contributed by atoms with E-state index >= 15 is 0 Å². The predicted molar refractivity (Wildman–Crippen MR) is 54.6 cm³/mol. The van der Waals surface area contributed by atoms with E-state index in [1.54, 1.807) is 12.1 Å².